The molecule has 0 aromatic carbocycles. The van der Waals surface area contributed by atoms with Crippen molar-refractivity contribution in [1.82, 2.24) is 9.97 Å². The fourth-order valence-corrected chi connectivity index (χ4v) is 2.24. The molecule has 0 saturated carbocycles. The molecule has 6 heteroatoms. The molecule has 1 aliphatic rings. The van der Waals surface area contributed by atoms with E-state index in [1.54, 1.807) is 7.11 Å². The van der Waals surface area contributed by atoms with Crippen molar-refractivity contribution < 1.29 is 14.3 Å². The molecule has 104 valence electrons. The Balaban J connectivity index is 1.94. The number of aromatic nitrogens is 2. The van der Waals surface area contributed by atoms with Crippen molar-refractivity contribution in [2.24, 2.45) is 5.92 Å². The number of carbonyl (C=O) groups is 1. The number of nitrogens with zero attached hydrogens (tertiary/aromatic N) is 3. The van der Waals surface area contributed by atoms with Crippen LogP contribution < -0.4 is 4.90 Å². The van der Waals surface area contributed by atoms with Gasteiger partial charge in [0, 0.05) is 39.2 Å². The fourth-order valence-electron chi connectivity index (χ4n) is 2.24. The lowest BCUT2D eigenvalue weighted by Crippen LogP contribution is -2.36. The molecule has 1 aliphatic heterocycles. The van der Waals surface area contributed by atoms with Crippen LogP contribution in [0.1, 0.15) is 23.2 Å². The number of hydrogen-bond donors (Lipinski definition) is 0. The summed E-state index contributed by atoms with van der Waals surface area (Å²) in [5.74, 6) is 0.879. The van der Waals surface area contributed by atoms with Gasteiger partial charge in [0.2, 0.25) is 5.95 Å². The van der Waals surface area contributed by atoms with Gasteiger partial charge in [-0.2, -0.15) is 0 Å². The van der Waals surface area contributed by atoms with Gasteiger partial charge in [-0.25, -0.2) is 14.8 Å². The summed E-state index contributed by atoms with van der Waals surface area (Å²) in [6.45, 7) is 2.66. The lowest BCUT2D eigenvalue weighted by Gasteiger charge is -2.31. The molecule has 2 heterocycles. The lowest BCUT2D eigenvalue weighted by molar-refractivity contribution is 0.0600. The Hall–Kier alpha value is -1.69. The van der Waals surface area contributed by atoms with Crippen LogP contribution in [0.2, 0.25) is 0 Å². The minimum atomic E-state index is -0.412. The third-order valence-corrected chi connectivity index (χ3v) is 3.36. The first-order chi connectivity index (χ1) is 9.24. The highest BCUT2D eigenvalue weighted by atomic mass is 16.5. The van der Waals surface area contributed by atoms with E-state index in [1.165, 1.54) is 19.5 Å². The SMILES string of the molecule is COCC1CCN(c2ncc(C(=O)OC)cn2)CC1. The second-order valence-electron chi connectivity index (χ2n) is 4.65. The zero-order chi connectivity index (χ0) is 13.7. The number of hydrogen-bond acceptors (Lipinski definition) is 6. The third-order valence-electron chi connectivity index (χ3n) is 3.36. The number of piperidine rings is 1. The van der Waals surface area contributed by atoms with Gasteiger partial charge in [0.1, 0.15) is 0 Å². The van der Waals surface area contributed by atoms with E-state index < -0.39 is 5.97 Å². The van der Waals surface area contributed by atoms with Crippen LogP contribution in [-0.4, -0.2) is 49.9 Å². The van der Waals surface area contributed by atoms with Gasteiger partial charge in [-0.1, -0.05) is 0 Å². The topological polar surface area (TPSA) is 64.5 Å². The molecule has 1 saturated heterocycles. The smallest absolute Gasteiger partial charge is 0.341 e. The Morgan fingerprint density at radius 3 is 2.47 bits per heavy atom. The molecule has 0 radical (unpaired) electrons. The number of methoxy groups -OCH3 is 2. The maximum absolute atomic E-state index is 11.3. The second-order valence-corrected chi connectivity index (χ2v) is 4.65. The van der Waals surface area contributed by atoms with Crippen molar-refractivity contribution in [2.75, 3.05) is 38.8 Å². The Kier molecular flexibility index (Phi) is 4.68. The van der Waals surface area contributed by atoms with E-state index in [9.17, 15) is 4.79 Å². The number of rotatable bonds is 4. The van der Waals surface area contributed by atoms with E-state index in [0.717, 1.165) is 32.5 Å². The van der Waals surface area contributed by atoms with E-state index in [2.05, 4.69) is 19.6 Å². The van der Waals surface area contributed by atoms with Gasteiger partial charge >= 0.3 is 5.97 Å². The van der Waals surface area contributed by atoms with Gasteiger partial charge in [-0.3, -0.25) is 0 Å². The summed E-state index contributed by atoms with van der Waals surface area (Å²) in [6, 6.07) is 0. The van der Waals surface area contributed by atoms with Crippen LogP contribution in [0.5, 0.6) is 0 Å². The minimum Gasteiger partial charge on any atom is -0.465 e. The minimum absolute atomic E-state index is 0.375. The maximum Gasteiger partial charge on any atom is 0.341 e. The molecule has 0 amide bonds. The van der Waals surface area contributed by atoms with E-state index in [0.29, 0.717) is 17.4 Å². The normalized spacial score (nSPS) is 16.4. The lowest BCUT2D eigenvalue weighted by atomic mass is 9.98. The van der Waals surface area contributed by atoms with Crippen LogP contribution in [0.15, 0.2) is 12.4 Å². The standard InChI is InChI=1S/C13H19N3O3/c1-18-9-10-3-5-16(6-4-10)13-14-7-11(8-15-13)12(17)19-2/h7-8,10H,3-6,9H2,1-2H3. The van der Waals surface area contributed by atoms with Crippen molar-refractivity contribution in [3.8, 4) is 0 Å². The molecule has 2 rings (SSSR count). The number of ether oxygens (including phenoxy) is 2. The average Bonchev–Trinajstić information content (AvgIpc) is 2.48. The Morgan fingerprint density at radius 1 is 1.32 bits per heavy atom. The molecular weight excluding hydrogens is 246 g/mol. The van der Waals surface area contributed by atoms with Crippen molar-refractivity contribution in [2.45, 2.75) is 12.8 Å². The molecule has 1 fully saturated rings. The van der Waals surface area contributed by atoms with E-state index in [1.807, 2.05) is 0 Å². The maximum atomic E-state index is 11.3. The first kappa shape index (κ1) is 13.7. The average molecular weight is 265 g/mol. The highest BCUT2D eigenvalue weighted by Gasteiger charge is 2.21. The zero-order valence-corrected chi connectivity index (χ0v) is 11.3. The molecule has 19 heavy (non-hydrogen) atoms. The van der Waals surface area contributed by atoms with Gasteiger partial charge in [0.05, 0.1) is 12.7 Å². The zero-order valence-electron chi connectivity index (χ0n) is 11.3. The van der Waals surface area contributed by atoms with Crippen LogP contribution in [0.25, 0.3) is 0 Å². The Morgan fingerprint density at radius 2 is 1.95 bits per heavy atom. The molecule has 1 aromatic heterocycles. The quantitative estimate of drug-likeness (QED) is 0.760. The van der Waals surface area contributed by atoms with Crippen LogP contribution in [0, 0.1) is 5.92 Å². The largest absolute Gasteiger partial charge is 0.465 e. The Bertz CT molecular complexity index is 414. The summed E-state index contributed by atoms with van der Waals surface area (Å²) in [4.78, 5) is 21.9. The third kappa shape index (κ3) is 3.41. The van der Waals surface area contributed by atoms with Gasteiger partial charge in [0.15, 0.2) is 0 Å². The molecule has 0 aliphatic carbocycles. The molecule has 1 aromatic rings. The molecule has 0 bridgehead atoms. The van der Waals surface area contributed by atoms with E-state index in [-0.39, 0.29) is 0 Å². The first-order valence-corrected chi connectivity index (χ1v) is 6.39. The summed E-state index contributed by atoms with van der Waals surface area (Å²) < 4.78 is 9.79. The van der Waals surface area contributed by atoms with Gasteiger partial charge in [-0.05, 0) is 18.8 Å². The first-order valence-electron chi connectivity index (χ1n) is 6.39. The van der Waals surface area contributed by atoms with Crippen LogP contribution in [0.3, 0.4) is 0 Å². The molecule has 6 nitrogen and oxygen atoms in total. The predicted molar refractivity (Wildman–Crippen MR) is 70.2 cm³/mol. The predicted octanol–water partition coefficient (Wildman–Crippen LogP) is 1.13. The summed E-state index contributed by atoms with van der Waals surface area (Å²) in [5, 5.41) is 0. The van der Waals surface area contributed by atoms with E-state index >= 15 is 0 Å². The molecular formula is C13H19N3O3. The van der Waals surface area contributed by atoms with Crippen LogP contribution in [0.4, 0.5) is 5.95 Å². The second kappa shape index (κ2) is 6.47. The van der Waals surface area contributed by atoms with Crippen molar-refractivity contribution in [1.29, 1.82) is 0 Å². The van der Waals surface area contributed by atoms with Crippen LogP contribution in [-0.2, 0) is 9.47 Å². The molecule has 0 spiro atoms. The summed E-state index contributed by atoms with van der Waals surface area (Å²) in [5.41, 5.74) is 0.375. The summed E-state index contributed by atoms with van der Waals surface area (Å²) >= 11 is 0. The van der Waals surface area contributed by atoms with Gasteiger partial charge in [-0.15, -0.1) is 0 Å². The van der Waals surface area contributed by atoms with Crippen molar-refractivity contribution in [3.05, 3.63) is 18.0 Å². The highest BCUT2D eigenvalue weighted by molar-refractivity contribution is 5.88. The van der Waals surface area contributed by atoms with Crippen LogP contribution >= 0.6 is 0 Å². The number of anilines is 1. The number of esters is 1. The highest BCUT2D eigenvalue weighted by Crippen LogP contribution is 2.20. The monoisotopic (exact) mass is 265 g/mol. The van der Waals surface area contributed by atoms with Crippen molar-refractivity contribution >= 4 is 11.9 Å². The van der Waals surface area contributed by atoms with Gasteiger partial charge in [0.25, 0.3) is 0 Å². The molecule has 0 atom stereocenters. The molecule has 0 N–H and O–H groups in total. The molecule has 0 unspecified atom stereocenters. The summed E-state index contributed by atoms with van der Waals surface area (Å²) in [6.07, 6.45) is 5.18. The van der Waals surface area contributed by atoms with E-state index in [4.69, 9.17) is 4.74 Å². The summed E-state index contributed by atoms with van der Waals surface area (Å²) in [7, 11) is 3.08. The fraction of sp³-hybridized carbons (Fsp3) is 0.615. The number of carbonyl (C=O) groups excluding carboxylic acids is 1. The Labute approximate surface area is 112 Å². The van der Waals surface area contributed by atoms with Crippen molar-refractivity contribution in [3.63, 3.8) is 0 Å². The van der Waals surface area contributed by atoms with Gasteiger partial charge < -0.3 is 14.4 Å².